The Morgan fingerprint density at radius 2 is 2.22 bits per heavy atom. The van der Waals surface area contributed by atoms with E-state index in [1.165, 1.54) is 11.3 Å². The molecular weight excluding hydrogens is 432 g/mol. The highest BCUT2D eigenvalue weighted by Crippen LogP contribution is 2.22. The van der Waals surface area contributed by atoms with Crippen LogP contribution in [0.4, 0.5) is 0 Å². The summed E-state index contributed by atoms with van der Waals surface area (Å²) in [6.45, 7) is 2.63. The molecular formula is C17H23BrN6O2S. The van der Waals surface area contributed by atoms with Gasteiger partial charge in [-0.25, -0.2) is 9.97 Å². The van der Waals surface area contributed by atoms with E-state index in [-0.39, 0.29) is 18.2 Å². The van der Waals surface area contributed by atoms with E-state index in [0.29, 0.717) is 6.42 Å². The quantitative estimate of drug-likeness (QED) is 0.677. The van der Waals surface area contributed by atoms with Crippen LogP contribution in [0.25, 0.3) is 0 Å². The van der Waals surface area contributed by atoms with Gasteiger partial charge in [0.1, 0.15) is 6.04 Å². The number of carbonyl (C=O) groups is 2. The van der Waals surface area contributed by atoms with Gasteiger partial charge in [-0.15, -0.1) is 11.3 Å². The van der Waals surface area contributed by atoms with E-state index >= 15 is 0 Å². The molecule has 2 aromatic rings. The Morgan fingerprint density at radius 1 is 1.41 bits per heavy atom. The summed E-state index contributed by atoms with van der Waals surface area (Å²) in [6.07, 6.45) is 1.54. The maximum Gasteiger partial charge on any atom is 0.242 e. The second-order valence-electron chi connectivity index (χ2n) is 6.61. The average molecular weight is 455 g/mol. The Balaban J connectivity index is 1.71. The Labute approximate surface area is 170 Å². The minimum Gasteiger partial charge on any atom is -0.357 e. The van der Waals surface area contributed by atoms with Gasteiger partial charge in [0.25, 0.3) is 0 Å². The lowest BCUT2D eigenvalue weighted by Gasteiger charge is -2.17. The van der Waals surface area contributed by atoms with Crippen LogP contribution in [0.3, 0.4) is 0 Å². The van der Waals surface area contributed by atoms with E-state index in [9.17, 15) is 9.59 Å². The standard InChI is InChI=1S/C17H23BrN6O2S/c1-19-16(26)13(6-11-9-27-10-20-11)21-15(25)7-12-14-8-23(2)4-3-5-24(14)17(18)22-12/h9-10,13H,3-8H2,1-2H3,(H,19,26)(H,21,25)/t13-/m0/s1. The monoisotopic (exact) mass is 454 g/mol. The number of halogens is 1. The van der Waals surface area contributed by atoms with Crippen LogP contribution >= 0.6 is 27.3 Å². The van der Waals surface area contributed by atoms with E-state index in [1.807, 2.05) is 5.38 Å². The van der Waals surface area contributed by atoms with Crippen LogP contribution in [0.2, 0.25) is 0 Å². The first-order chi connectivity index (χ1) is 13.0. The van der Waals surface area contributed by atoms with Crippen molar-refractivity contribution in [3.05, 3.63) is 32.7 Å². The lowest BCUT2D eigenvalue weighted by atomic mass is 10.1. The molecule has 0 fully saturated rings. The van der Waals surface area contributed by atoms with Crippen molar-refractivity contribution in [2.75, 3.05) is 20.6 Å². The first kappa shape index (κ1) is 20.0. The summed E-state index contributed by atoms with van der Waals surface area (Å²) in [5.74, 6) is -0.458. The van der Waals surface area contributed by atoms with Gasteiger partial charge in [0.15, 0.2) is 4.73 Å². The van der Waals surface area contributed by atoms with Crippen LogP contribution in [-0.4, -0.2) is 57.9 Å². The van der Waals surface area contributed by atoms with Crippen molar-refractivity contribution in [2.45, 2.75) is 38.4 Å². The van der Waals surface area contributed by atoms with Gasteiger partial charge in [0.05, 0.1) is 29.0 Å². The van der Waals surface area contributed by atoms with Gasteiger partial charge in [-0.3, -0.25) is 9.59 Å². The number of hydrogen-bond donors (Lipinski definition) is 2. The molecule has 2 N–H and O–H groups in total. The highest BCUT2D eigenvalue weighted by Gasteiger charge is 2.25. The van der Waals surface area contributed by atoms with Crippen LogP contribution in [0.1, 0.15) is 23.5 Å². The van der Waals surface area contributed by atoms with E-state index in [1.54, 1.807) is 12.6 Å². The second-order valence-corrected chi connectivity index (χ2v) is 8.04. The highest BCUT2D eigenvalue weighted by molar-refractivity contribution is 9.10. The van der Waals surface area contributed by atoms with Crippen molar-refractivity contribution < 1.29 is 9.59 Å². The van der Waals surface area contributed by atoms with Crippen molar-refractivity contribution in [2.24, 2.45) is 0 Å². The number of fused-ring (bicyclic) bond motifs is 1. The molecule has 3 rings (SSSR count). The molecule has 0 saturated heterocycles. The number of likely N-dealkylation sites (N-methyl/N-ethyl adjacent to an activating group) is 1. The first-order valence-corrected chi connectivity index (χ1v) is 10.5. The molecule has 8 nitrogen and oxygen atoms in total. The SMILES string of the molecule is CNC(=O)[C@H](Cc1cscn1)NC(=O)Cc1nc(Br)n2c1CN(C)CCC2. The molecule has 0 radical (unpaired) electrons. The van der Waals surface area contributed by atoms with Crippen LogP contribution in [0.15, 0.2) is 15.6 Å². The molecule has 10 heteroatoms. The van der Waals surface area contributed by atoms with Crippen LogP contribution in [0, 0.1) is 0 Å². The predicted molar refractivity (Wildman–Crippen MR) is 106 cm³/mol. The summed E-state index contributed by atoms with van der Waals surface area (Å²) >= 11 is 4.97. The van der Waals surface area contributed by atoms with Crippen molar-refractivity contribution in [3.63, 3.8) is 0 Å². The van der Waals surface area contributed by atoms with Gasteiger partial charge in [0.2, 0.25) is 11.8 Å². The van der Waals surface area contributed by atoms with E-state index < -0.39 is 6.04 Å². The maximum atomic E-state index is 12.6. The van der Waals surface area contributed by atoms with E-state index in [2.05, 4.69) is 53.0 Å². The first-order valence-electron chi connectivity index (χ1n) is 8.78. The third-order valence-electron chi connectivity index (χ3n) is 4.57. The Morgan fingerprint density at radius 3 is 2.93 bits per heavy atom. The molecule has 2 amide bonds. The number of rotatable bonds is 6. The number of amides is 2. The number of thiazole rings is 1. The predicted octanol–water partition coefficient (Wildman–Crippen LogP) is 0.954. The smallest absolute Gasteiger partial charge is 0.242 e. The summed E-state index contributed by atoms with van der Waals surface area (Å²) in [4.78, 5) is 35.8. The maximum absolute atomic E-state index is 12.6. The minimum absolute atomic E-state index is 0.138. The normalized spacial score (nSPS) is 15.7. The largest absolute Gasteiger partial charge is 0.357 e. The van der Waals surface area contributed by atoms with Crippen molar-refractivity contribution in [1.29, 1.82) is 0 Å². The third kappa shape index (κ3) is 4.94. The number of hydrogen-bond acceptors (Lipinski definition) is 6. The molecule has 0 saturated carbocycles. The Hall–Kier alpha value is -1.78. The van der Waals surface area contributed by atoms with E-state index in [0.717, 1.165) is 47.9 Å². The molecule has 0 bridgehead atoms. The van der Waals surface area contributed by atoms with E-state index in [4.69, 9.17) is 0 Å². The minimum atomic E-state index is -0.656. The van der Waals surface area contributed by atoms with Crippen LogP contribution in [0.5, 0.6) is 0 Å². The molecule has 0 aromatic carbocycles. The van der Waals surface area contributed by atoms with Crippen molar-refractivity contribution in [1.82, 2.24) is 30.1 Å². The van der Waals surface area contributed by atoms with Crippen LogP contribution < -0.4 is 10.6 Å². The highest BCUT2D eigenvalue weighted by atomic mass is 79.9. The van der Waals surface area contributed by atoms with Gasteiger partial charge in [-0.1, -0.05) is 0 Å². The zero-order valence-corrected chi connectivity index (χ0v) is 17.8. The average Bonchev–Trinajstić information content (AvgIpc) is 3.17. The number of imidazole rings is 1. The number of nitrogens with one attached hydrogen (secondary N) is 2. The number of aromatic nitrogens is 3. The summed E-state index contributed by atoms with van der Waals surface area (Å²) < 4.78 is 2.87. The fourth-order valence-electron chi connectivity index (χ4n) is 3.21. The fraction of sp³-hybridized carbons (Fsp3) is 0.529. The van der Waals surface area contributed by atoms with Gasteiger partial charge >= 0.3 is 0 Å². The summed E-state index contributed by atoms with van der Waals surface area (Å²) in [7, 11) is 3.63. The van der Waals surface area contributed by atoms with Crippen LogP contribution in [-0.2, 0) is 35.5 Å². The summed E-state index contributed by atoms with van der Waals surface area (Å²) in [6, 6.07) is -0.656. The molecule has 1 aliphatic rings. The molecule has 3 heterocycles. The lowest BCUT2D eigenvalue weighted by Crippen LogP contribution is -2.47. The second kappa shape index (κ2) is 8.94. The van der Waals surface area contributed by atoms with Gasteiger partial charge in [-0.05, 0) is 35.9 Å². The summed E-state index contributed by atoms with van der Waals surface area (Å²) in [5.41, 5.74) is 4.30. The number of nitrogens with zero attached hydrogens (tertiary/aromatic N) is 4. The third-order valence-corrected chi connectivity index (χ3v) is 5.81. The van der Waals surface area contributed by atoms with Crippen molar-refractivity contribution in [3.8, 4) is 0 Å². The molecule has 1 aliphatic heterocycles. The van der Waals surface area contributed by atoms with Gasteiger partial charge in [0, 0.05) is 31.9 Å². The zero-order valence-electron chi connectivity index (χ0n) is 15.4. The zero-order chi connectivity index (χ0) is 19.4. The molecule has 0 spiro atoms. The molecule has 146 valence electrons. The summed E-state index contributed by atoms with van der Waals surface area (Å²) in [5, 5.41) is 7.32. The molecule has 27 heavy (non-hydrogen) atoms. The van der Waals surface area contributed by atoms with Gasteiger partial charge < -0.3 is 20.1 Å². The Bertz CT molecular complexity index is 807. The van der Waals surface area contributed by atoms with Gasteiger partial charge in [-0.2, -0.15) is 0 Å². The molecule has 2 aromatic heterocycles. The lowest BCUT2D eigenvalue weighted by molar-refractivity contribution is -0.128. The molecule has 1 atom stereocenters. The number of carbonyl (C=O) groups excluding carboxylic acids is 2. The molecule has 0 aliphatic carbocycles. The molecule has 0 unspecified atom stereocenters. The fourth-order valence-corrected chi connectivity index (χ4v) is 4.39. The topological polar surface area (TPSA) is 92.1 Å². The Kier molecular flexibility index (Phi) is 6.61. The van der Waals surface area contributed by atoms with Crippen molar-refractivity contribution >= 4 is 39.1 Å².